The van der Waals surface area contributed by atoms with Crippen LogP contribution in [0, 0.1) is 17.7 Å². The Morgan fingerprint density at radius 2 is 1.65 bits per heavy atom. The zero-order valence-electron chi connectivity index (χ0n) is 12.4. The van der Waals surface area contributed by atoms with Crippen molar-refractivity contribution in [2.24, 2.45) is 0 Å². The van der Waals surface area contributed by atoms with Crippen LogP contribution in [0.15, 0.2) is 77.7 Å². The van der Waals surface area contributed by atoms with Crippen LogP contribution in [-0.2, 0) is 6.54 Å². The van der Waals surface area contributed by atoms with Crippen LogP contribution in [0.2, 0.25) is 0 Å². The fourth-order valence-corrected chi connectivity index (χ4v) is 2.21. The van der Waals surface area contributed by atoms with Gasteiger partial charge in [-0.3, -0.25) is 4.79 Å². The summed E-state index contributed by atoms with van der Waals surface area (Å²) in [5.74, 6) is 5.69. The van der Waals surface area contributed by atoms with Gasteiger partial charge in [0, 0.05) is 23.4 Å². The number of hydrogen-bond acceptors (Lipinski definition) is 1. The maximum absolute atomic E-state index is 13.2. The largest absolute Gasteiger partial charge is 0.311 e. The first kappa shape index (κ1) is 14.8. The van der Waals surface area contributed by atoms with Gasteiger partial charge in [-0.2, -0.15) is 0 Å². The van der Waals surface area contributed by atoms with E-state index in [2.05, 4.69) is 11.8 Å². The maximum Gasteiger partial charge on any atom is 0.252 e. The van der Waals surface area contributed by atoms with Gasteiger partial charge in [0.25, 0.3) is 5.56 Å². The van der Waals surface area contributed by atoms with Crippen LogP contribution >= 0.6 is 0 Å². The van der Waals surface area contributed by atoms with Gasteiger partial charge in [-0.1, -0.05) is 42.2 Å². The zero-order valence-corrected chi connectivity index (χ0v) is 12.4. The lowest BCUT2D eigenvalue weighted by Gasteiger charge is -2.05. The molecule has 2 aromatic carbocycles. The first-order valence-corrected chi connectivity index (χ1v) is 7.23. The molecule has 0 spiro atoms. The second-order valence-electron chi connectivity index (χ2n) is 5.13. The van der Waals surface area contributed by atoms with E-state index < -0.39 is 0 Å². The molecule has 0 bridgehead atoms. The molecular formula is C20H14FNO. The second-order valence-corrected chi connectivity index (χ2v) is 5.13. The molecule has 0 N–H and O–H groups in total. The van der Waals surface area contributed by atoms with E-state index in [9.17, 15) is 9.18 Å². The lowest BCUT2D eigenvalue weighted by molar-refractivity contribution is 0.622. The van der Waals surface area contributed by atoms with Crippen LogP contribution in [0.5, 0.6) is 0 Å². The zero-order chi connectivity index (χ0) is 16.1. The predicted octanol–water partition coefficient (Wildman–Crippen LogP) is 3.44. The molecule has 3 heteroatoms. The molecule has 0 saturated heterocycles. The average molecular weight is 303 g/mol. The van der Waals surface area contributed by atoms with Crippen molar-refractivity contribution in [2.45, 2.75) is 6.54 Å². The Labute approximate surface area is 133 Å². The van der Waals surface area contributed by atoms with Crippen molar-refractivity contribution >= 4 is 0 Å². The molecule has 0 amide bonds. The fourth-order valence-electron chi connectivity index (χ4n) is 2.21. The second kappa shape index (κ2) is 6.76. The monoisotopic (exact) mass is 303 g/mol. The molecule has 0 unspecified atom stereocenters. The minimum Gasteiger partial charge on any atom is -0.311 e. The van der Waals surface area contributed by atoms with Crippen LogP contribution in [0.4, 0.5) is 4.39 Å². The van der Waals surface area contributed by atoms with Gasteiger partial charge in [0.05, 0.1) is 6.54 Å². The standard InChI is InChI=1S/C20H14FNO/c21-19-8-4-7-18(13-19)15-22-12-11-17(14-20(22)23)10-9-16-5-2-1-3-6-16/h1-8,11-14H,15H2. The number of nitrogens with zero attached hydrogens (tertiary/aromatic N) is 1. The van der Waals surface area contributed by atoms with Gasteiger partial charge >= 0.3 is 0 Å². The number of halogens is 1. The van der Waals surface area contributed by atoms with Crippen molar-refractivity contribution in [2.75, 3.05) is 0 Å². The van der Waals surface area contributed by atoms with E-state index in [1.807, 2.05) is 30.3 Å². The molecule has 112 valence electrons. The van der Waals surface area contributed by atoms with E-state index >= 15 is 0 Å². The molecule has 0 aliphatic heterocycles. The van der Waals surface area contributed by atoms with Crippen molar-refractivity contribution < 1.29 is 4.39 Å². The Bertz CT molecular complexity index is 933. The topological polar surface area (TPSA) is 22.0 Å². The average Bonchev–Trinajstić information content (AvgIpc) is 2.56. The number of hydrogen-bond donors (Lipinski definition) is 0. The van der Waals surface area contributed by atoms with Gasteiger partial charge < -0.3 is 4.57 Å². The molecule has 1 heterocycles. The summed E-state index contributed by atoms with van der Waals surface area (Å²) in [7, 11) is 0. The Kier molecular flexibility index (Phi) is 4.35. The maximum atomic E-state index is 13.2. The highest BCUT2D eigenvalue weighted by Gasteiger charge is 2.00. The third-order valence-corrected chi connectivity index (χ3v) is 3.36. The molecule has 23 heavy (non-hydrogen) atoms. The van der Waals surface area contributed by atoms with Crippen molar-refractivity contribution in [3.05, 3.63) is 106 Å². The molecule has 2 nitrogen and oxygen atoms in total. The summed E-state index contributed by atoms with van der Waals surface area (Å²) in [4.78, 5) is 12.1. The minimum absolute atomic E-state index is 0.158. The Balaban J connectivity index is 1.81. The number of benzene rings is 2. The van der Waals surface area contributed by atoms with E-state index in [1.54, 1.807) is 24.4 Å². The Morgan fingerprint density at radius 1 is 0.870 bits per heavy atom. The summed E-state index contributed by atoms with van der Waals surface area (Å²) in [6, 6.07) is 19.1. The Hall–Kier alpha value is -3.12. The Morgan fingerprint density at radius 3 is 2.39 bits per heavy atom. The highest BCUT2D eigenvalue weighted by Crippen LogP contribution is 2.05. The van der Waals surface area contributed by atoms with Gasteiger partial charge in [-0.25, -0.2) is 4.39 Å². The van der Waals surface area contributed by atoms with Crippen molar-refractivity contribution in [1.29, 1.82) is 0 Å². The number of rotatable bonds is 2. The number of pyridine rings is 1. The normalized spacial score (nSPS) is 9.96. The summed E-state index contributed by atoms with van der Waals surface area (Å²) < 4.78 is 14.7. The van der Waals surface area contributed by atoms with E-state index in [4.69, 9.17) is 0 Å². The van der Waals surface area contributed by atoms with E-state index in [-0.39, 0.29) is 11.4 Å². The number of aromatic nitrogens is 1. The molecule has 0 radical (unpaired) electrons. The van der Waals surface area contributed by atoms with Crippen LogP contribution in [0.25, 0.3) is 0 Å². The van der Waals surface area contributed by atoms with E-state index in [1.165, 1.54) is 22.8 Å². The SMILES string of the molecule is O=c1cc(C#Cc2ccccc2)ccn1Cc1cccc(F)c1. The van der Waals surface area contributed by atoms with E-state index in [0.29, 0.717) is 12.1 Å². The molecule has 3 rings (SSSR count). The molecule has 3 aromatic rings. The van der Waals surface area contributed by atoms with Crippen molar-refractivity contribution in [3.63, 3.8) is 0 Å². The molecular weight excluding hydrogens is 289 g/mol. The van der Waals surface area contributed by atoms with Gasteiger partial charge in [0.1, 0.15) is 5.82 Å². The fraction of sp³-hybridized carbons (Fsp3) is 0.0500. The van der Waals surface area contributed by atoms with Gasteiger partial charge in [-0.05, 0) is 35.9 Å². The summed E-state index contributed by atoms with van der Waals surface area (Å²) in [5, 5.41) is 0. The highest BCUT2D eigenvalue weighted by atomic mass is 19.1. The lowest BCUT2D eigenvalue weighted by atomic mass is 10.2. The van der Waals surface area contributed by atoms with Crippen LogP contribution in [0.3, 0.4) is 0 Å². The van der Waals surface area contributed by atoms with Gasteiger partial charge in [0.2, 0.25) is 0 Å². The third kappa shape index (κ3) is 3.96. The lowest BCUT2D eigenvalue weighted by Crippen LogP contribution is -2.19. The third-order valence-electron chi connectivity index (χ3n) is 3.36. The van der Waals surface area contributed by atoms with Gasteiger partial charge in [0.15, 0.2) is 0 Å². The quantitative estimate of drug-likeness (QED) is 0.665. The summed E-state index contributed by atoms with van der Waals surface area (Å²) in [5.41, 5.74) is 2.15. The summed E-state index contributed by atoms with van der Waals surface area (Å²) in [6.07, 6.45) is 1.68. The smallest absolute Gasteiger partial charge is 0.252 e. The molecule has 0 aliphatic rings. The highest BCUT2D eigenvalue weighted by molar-refractivity contribution is 5.41. The van der Waals surface area contributed by atoms with Crippen LogP contribution in [0.1, 0.15) is 16.7 Å². The molecule has 1 aromatic heterocycles. The minimum atomic E-state index is -0.305. The first-order valence-electron chi connectivity index (χ1n) is 7.23. The molecule has 0 atom stereocenters. The van der Waals surface area contributed by atoms with Crippen LogP contribution < -0.4 is 5.56 Å². The van der Waals surface area contributed by atoms with E-state index in [0.717, 1.165) is 11.1 Å². The van der Waals surface area contributed by atoms with Gasteiger partial charge in [-0.15, -0.1) is 0 Å². The van der Waals surface area contributed by atoms with Crippen LogP contribution in [-0.4, -0.2) is 4.57 Å². The first-order chi connectivity index (χ1) is 11.2. The summed E-state index contributed by atoms with van der Waals surface area (Å²) >= 11 is 0. The molecule has 0 fully saturated rings. The van der Waals surface area contributed by atoms with Crippen molar-refractivity contribution in [3.8, 4) is 11.8 Å². The summed E-state index contributed by atoms with van der Waals surface area (Å²) in [6.45, 7) is 0.336. The molecule has 0 aliphatic carbocycles. The molecule has 0 saturated carbocycles. The predicted molar refractivity (Wildman–Crippen MR) is 88.6 cm³/mol. The van der Waals surface area contributed by atoms with Crippen molar-refractivity contribution in [1.82, 2.24) is 4.57 Å².